The summed E-state index contributed by atoms with van der Waals surface area (Å²) in [6, 6.07) is 15.1. The second-order valence-corrected chi connectivity index (χ2v) is 8.71. The van der Waals surface area contributed by atoms with Gasteiger partial charge in [-0.1, -0.05) is 61.9 Å². The zero-order chi connectivity index (χ0) is 24.1. The van der Waals surface area contributed by atoms with Crippen LogP contribution in [0.4, 0.5) is 13.2 Å². The molecule has 0 amide bonds. The van der Waals surface area contributed by atoms with Gasteiger partial charge < -0.3 is 4.74 Å². The lowest BCUT2D eigenvalue weighted by Gasteiger charge is -2.19. The Kier molecular flexibility index (Phi) is 7.56. The van der Waals surface area contributed by atoms with Crippen LogP contribution in [0.15, 0.2) is 73.3 Å². The van der Waals surface area contributed by atoms with E-state index in [1.807, 2.05) is 19.1 Å². The first-order valence-electron chi connectivity index (χ1n) is 11.8. The van der Waals surface area contributed by atoms with Crippen LogP contribution < -0.4 is 4.74 Å². The highest BCUT2D eigenvalue weighted by atomic mass is 19.2. The van der Waals surface area contributed by atoms with Crippen LogP contribution in [0, 0.1) is 23.4 Å². The van der Waals surface area contributed by atoms with Gasteiger partial charge in [0.05, 0.1) is 6.61 Å². The molecule has 1 aliphatic carbocycles. The van der Waals surface area contributed by atoms with Crippen molar-refractivity contribution in [3.8, 4) is 28.0 Å². The van der Waals surface area contributed by atoms with Crippen LogP contribution in [0.1, 0.15) is 44.6 Å². The summed E-state index contributed by atoms with van der Waals surface area (Å²) < 4.78 is 49.5. The Morgan fingerprint density at radius 3 is 2.21 bits per heavy atom. The van der Waals surface area contributed by atoms with Gasteiger partial charge in [-0.3, -0.25) is 0 Å². The number of ether oxygens (including phenoxy) is 1. The van der Waals surface area contributed by atoms with E-state index in [0.717, 1.165) is 37.7 Å². The molecular weight excluding hydrogens is 433 g/mol. The molecule has 4 heteroatoms. The number of allylic oxidation sites excluding steroid dienone is 3. The molecule has 0 radical (unpaired) electrons. The normalized spacial score (nSPS) is 15.6. The van der Waals surface area contributed by atoms with Gasteiger partial charge in [-0.05, 0) is 72.1 Å². The van der Waals surface area contributed by atoms with Gasteiger partial charge in [-0.15, -0.1) is 6.58 Å². The first-order chi connectivity index (χ1) is 16.5. The summed E-state index contributed by atoms with van der Waals surface area (Å²) >= 11 is 0. The Balaban J connectivity index is 1.53. The number of hydrogen-bond acceptors (Lipinski definition) is 1. The van der Waals surface area contributed by atoms with Crippen molar-refractivity contribution in [1.82, 2.24) is 0 Å². The van der Waals surface area contributed by atoms with Gasteiger partial charge in [-0.2, -0.15) is 4.39 Å². The fourth-order valence-corrected chi connectivity index (χ4v) is 4.30. The van der Waals surface area contributed by atoms with Gasteiger partial charge in [0.25, 0.3) is 0 Å². The molecule has 176 valence electrons. The Bertz CT molecular complexity index is 1190. The van der Waals surface area contributed by atoms with E-state index < -0.39 is 11.6 Å². The molecule has 0 heterocycles. The second kappa shape index (κ2) is 10.8. The Hall–Kier alpha value is -3.27. The zero-order valence-electron chi connectivity index (χ0n) is 19.4. The van der Waals surface area contributed by atoms with Crippen molar-refractivity contribution in [2.75, 3.05) is 6.61 Å². The molecule has 1 unspecified atom stereocenters. The Morgan fingerprint density at radius 2 is 1.59 bits per heavy atom. The van der Waals surface area contributed by atoms with E-state index in [1.165, 1.54) is 17.7 Å². The predicted octanol–water partition coefficient (Wildman–Crippen LogP) is 8.99. The topological polar surface area (TPSA) is 9.23 Å². The molecule has 0 aliphatic heterocycles. The number of hydrogen-bond donors (Lipinski definition) is 0. The van der Waals surface area contributed by atoms with Crippen LogP contribution in [0.2, 0.25) is 0 Å². The van der Waals surface area contributed by atoms with Crippen molar-refractivity contribution in [2.24, 2.45) is 5.92 Å². The van der Waals surface area contributed by atoms with Crippen LogP contribution in [0.3, 0.4) is 0 Å². The quantitative estimate of drug-likeness (QED) is 0.240. The number of rotatable bonds is 8. The zero-order valence-corrected chi connectivity index (χ0v) is 19.4. The minimum atomic E-state index is -0.990. The predicted molar refractivity (Wildman–Crippen MR) is 133 cm³/mol. The molecule has 0 spiro atoms. The molecule has 0 fully saturated rings. The molecular formula is C30H29F3O. The molecule has 0 bridgehead atoms. The van der Waals surface area contributed by atoms with E-state index in [0.29, 0.717) is 29.2 Å². The number of unbranched alkanes of at least 4 members (excludes halogenated alkanes) is 1. The Morgan fingerprint density at radius 1 is 0.912 bits per heavy atom. The van der Waals surface area contributed by atoms with Crippen molar-refractivity contribution in [3.63, 3.8) is 0 Å². The third-order valence-electron chi connectivity index (χ3n) is 6.43. The minimum Gasteiger partial charge on any atom is -0.490 e. The molecule has 1 aliphatic rings. The maximum atomic E-state index is 15.0. The molecule has 0 saturated heterocycles. The monoisotopic (exact) mass is 462 g/mol. The molecule has 3 aromatic rings. The molecule has 1 atom stereocenters. The standard InChI is InChI=1S/C30H29F3O/c1-3-5-18-34-28-17-16-26(29(32)30(28)33)23-12-10-22(11-13-23)25-15-14-24(19-27(25)31)21-8-6-20(4-2)7-9-21/h4,8,10-17,19-20H,2-3,5-7,9,18H2,1H3. The van der Waals surface area contributed by atoms with Crippen molar-refractivity contribution < 1.29 is 17.9 Å². The lowest BCUT2D eigenvalue weighted by atomic mass is 9.86. The lowest BCUT2D eigenvalue weighted by Crippen LogP contribution is -2.02. The summed E-state index contributed by atoms with van der Waals surface area (Å²) in [6.07, 6.45) is 8.72. The third kappa shape index (κ3) is 5.11. The van der Waals surface area contributed by atoms with Crippen molar-refractivity contribution in [1.29, 1.82) is 0 Å². The molecule has 0 N–H and O–H groups in total. The van der Waals surface area contributed by atoms with Gasteiger partial charge in [0.1, 0.15) is 5.82 Å². The van der Waals surface area contributed by atoms with Crippen LogP contribution in [-0.4, -0.2) is 6.61 Å². The van der Waals surface area contributed by atoms with Crippen molar-refractivity contribution in [3.05, 3.63) is 96.3 Å². The molecule has 3 aromatic carbocycles. The maximum Gasteiger partial charge on any atom is 0.201 e. The molecule has 0 saturated carbocycles. The largest absolute Gasteiger partial charge is 0.490 e. The van der Waals surface area contributed by atoms with Gasteiger partial charge >= 0.3 is 0 Å². The number of benzene rings is 3. The average molecular weight is 463 g/mol. The summed E-state index contributed by atoms with van der Waals surface area (Å²) in [6.45, 7) is 6.20. The molecule has 34 heavy (non-hydrogen) atoms. The summed E-state index contributed by atoms with van der Waals surface area (Å²) in [5, 5.41) is 0. The molecule has 4 rings (SSSR count). The van der Waals surface area contributed by atoms with Gasteiger partial charge in [0.2, 0.25) is 5.82 Å². The molecule has 1 nitrogen and oxygen atoms in total. The highest BCUT2D eigenvalue weighted by Gasteiger charge is 2.17. The van der Waals surface area contributed by atoms with E-state index in [1.54, 1.807) is 36.4 Å². The first-order valence-corrected chi connectivity index (χ1v) is 11.8. The summed E-state index contributed by atoms with van der Waals surface area (Å²) in [4.78, 5) is 0. The van der Waals surface area contributed by atoms with Gasteiger partial charge in [0, 0.05) is 11.1 Å². The van der Waals surface area contributed by atoms with E-state index in [2.05, 4.69) is 12.7 Å². The van der Waals surface area contributed by atoms with Gasteiger partial charge in [-0.25, -0.2) is 8.78 Å². The average Bonchev–Trinajstić information content (AvgIpc) is 2.87. The maximum absolute atomic E-state index is 15.0. The fourth-order valence-electron chi connectivity index (χ4n) is 4.30. The molecule has 0 aromatic heterocycles. The number of halogens is 3. The van der Waals surface area contributed by atoms with E-state index in [9.17, 15) is 13.2 Å². The minimum absolute atomic E-state index is 0.0819. The smallest absolute Gasteiger partial charge is 0.201 e. The fraction of sp³-hybridized carbons (Fsp3) is 0.267. The summed E-state index contributed by atoms with van der Waals surface area (Å²) in [5.74, 6) is -1.83. The summed E-state index contributed by atoms with van der Waals surface area (Å²) in [7, 11) is 0. The third-order valence-corrected chi connectivity index (χ3v) is 6.43. The Labute approximate surface area is 199 Å². The van der Waals surface area contributed by atoms with Crippen LogP contribution in [-0.2, 0) is 0 Å². The highest BCUT2D eigenvalue weighted by Crippen LogP contribution is 2.35. The first kappa shape index (κ1) is 23.9. The lowest BCUT2D eigenvalue weighted by molar-refractivity contribution is 0.289. The van der Waals surface area contributed by atoms with Crippen LogP contribution >= 0.6 is 0 Å². The van der Waals surface area contributed by atoms with E-state index in [4.69, 9.17) is 4.74 Å². The summed E-state index contributed by atoms with van der Waals surface area (Å²) in [5.41, 5.74) is 3.88. The second-order valence-electron chi connectivity index (χ2n) is 8.71. The van der Waals surface area contributed by atoms with Crippen LogP contribution in [0.5, 0.6) is 5.75 Å². The van der Waals surface area contributed by atoms with E-state index in [-0.39, 0.29) is 17.1 Å². The van der Waals surface area contributed by atoms with Crippen LogP contribution in [0.25, 0.3) is 27.8 Å². The highest BCUT2D eigenvalue weighted by molar-refractivity contribution is 5.74. The van der Waals surface area contributed by atoms with Crippen molar-refractivity contribution >= 4 is 5.57 Å². The van der Waals surface area contributed by atoms with Gasteiger partial charge in [0.15, 0.2) is 11.6 Å². The van der Waals surface area contributed by atoms with E-state index >= 15 is 0 Å². The van der Waals surface area contributed by atoms with Crippen molar-refractivity contribution in [2.45, 2.75) is 39.0 Å². The SMILES string of the molecule is C=CC1CC=C(c2ccc(-c3ccc(-c4ccc(OCCCC)c(F)c4F)cc3)c(F)c2)CC1.